The van der Waals surface area contributed by atoms with Crippen molar-refractivity contribution >= 4 is 17.8 Å². The number of nitrogens with two attached hydrogens (primary N) is 1. The molecule has 0 saturated carbocycles. The molecule has 1 rings (SSSR count). The molecule has 0 aromatic carbocycles. The minimum Gasteiger partial charge on any atom is -0.384 e. The molecule has 0 fully saturated rings. The molecule has 0 aliphatic carbocycles. The van der Waals surface area contributed by atoms with Gasteiger partial charge in [-0.2, -0.15) is 4.99 Å². The molecule has 0 saturated heterocycles. The third-order valence-electron chi connectivity index (χ3n) is 3.10. The van der Waals surface area contributed by atoms with Crippen molar-refractivity contribution in [2.45, 2.75) is 13.8 Å². The van der Waals surface area contributed by atoms with Gasteiger partial charge in [0.15, 0.2) is 0 Å². The van der Waals surface area contributed by atoms with Crippen LogP contribution in [-0.2, 0) is 4.79 Å². The van der Waals surface area contributed by atoms with Gasteiger partial charge in [0, 0.05) is 44.3 Å². The van der Waals surface area contributed by atoms with E-state index < -0.39 is 6.03 Å². The van der Waals surface area contributed by atoms with Crippen LogP contribution in [0.3, 0.4) is 0 Å². The zero-order chi connectivity index (χ0) is 18.3. The maximum atomic E-state index is 12.1. The lowest BCUT2D eigenvalue weighted by Crippen LogP contribution is -2.37. The first kappa shape index (κ1) is 19.0. The molecular formula is C16H24N6O2. The Hall–Kier alpha value is -3.03. The highest BCUT2D eigenvalue weighted by atomic mass is 16.2. The van der Waals surface area contributed by atoms with Crippen molar-refractivity contribution in [3.63, 3.8) is 0 Å². The van der Waals surface area contributed by atoms with Crippen LogP contribution in [0.4, 0.5) is 4.79 Å². The van der Waals surface area contributed by atoms with Crippen molar-refractivity contribution in [2.75, 3.05) is 20.6 Å². The van der Waals surface area contributed by atoms with Gasteiger partial charge in [0.05, 0.1) is 0 Å². The van der Waals surface area contributed by atoms with Crippen LogP contribution in [-0.4, -0.2) is 48.2 Å². The van der Waals surface area contributed by atoms with Crippen molar-refractivity contribution in [2.24, 2.45) is 10.7 Å². The minimum atomic E-state index is -0.391. The lowest BCUT2D eigenvalue weighted by atomic mass is 10.1. The van der Waals surface area contributed by atoms with Gasteiger partial charge in [-0.1, -0.05) is 6.58 Å². The Balaban J connectivity index is 2.78. The van der Waals surface area contributed by atoms with Crippen LogP contribution in [0.25, 0.3) is 0 Å². The number of nitrogens with zero attached hydrogens (tertiary/aromatic N) is 3. The fourth-order valence-electron chi connectivity index (χ4n) is 1.65. The number of carbonyl (C=O) groups excluding carboxylic acids is 2. The zero-order valence-corrected chi connectivity index (χ0v) is 14.5. The van der Waals surface area contributed by atoms with Crippen LogP contribution in [0.5, 0.6) is 0 Å². The molecule has 8 heteroatoms. The Morgan fingerprint density at radius 3 is 2.67 bits per heavy atom. The van der Waals surface area contributed by atoms with Crippen molar-refractivity contribution in [1.82, 2.24) is 20.4 Å². The van der Waals surface area contributed by atoms with E-state index in [-0.39, 0.29) is 11.7 Å². The molecule has 1 heterocycles. The molecule has 3 amide bonds. The van der Waals surface area contributed by atoms with E-state index >= 15 is 0 Å². The molecule has 0 aromatic rings. The van der Waals surface area contributed by atoms with Gasteiger partial charge < -0.3 is 20.9 Å². The van der Waals surface area contributed by atoms with E-state index in [2.05, 4.69) is 22.2 Å². The van der Waals surface area contributed by atoms with E-state index in [1.165, 1.54) is 6.20 Å². The third-order valence-corrected chi connectivity index (χ3v) is 3.10. The third kappa shape index (κ3) is 5.64. The van der Waals surface area contributed by atoms with Crippen LogP contribution in [0.1, 0.15) is 13.8 Å². The molecule has 0 aromatic heterocycles. The molecule has 0 radical (unpaired) electrons. The molecule has 0 spiro atoms. The fourth-order valence-corrected chi connectivity index (χ4v) is 1.65. The molecular weight excluding hydrogens is 308 g/mol. The Kier molecular flexibility index (Phi) is 6.79. The standard InChI is InChI=1S/C16H24N6O2/c1-6-18-16(24)20-14(17)10-22-8-7-13(9-11(22)2)15(23)19-12(3)21(4)5/h7-10H,2,6,17H2,1,3-5H3,(H2,18,20,24)/b14-10+,19-12?. The molecule has 0 bridgehead atoms. The number of allylic oxidation sites excluding steroid dienone is 1. The Bertz CT molecular complexity index is 643. The van der Waals surface area contributed by atoms with Crippen LogP contribution in [0, 0.1) is 0 Å². The average Bonchev–Trinajstić information content (AvgIpc) is 2.49. The van der Waals surface area contributed by atoms with Gasteiger partial charge >= 0.3 is 6.03 Å². The van der Waals surface area contributed by atoms with E-state index in [9.17, 15) is 9.59 Å². The lowest BCUT2D eigenvalue weighted by molar-refractivity contribution is -0.114. The molecule has 8 nitrogen and oxygen atoms in total. The summed E-state index contributed by atoms with van der Waals surface area (Å²) in [5, 5.41) is 5.05. The number of rotatable bonds is 4. The van der Waals surface area contributed by atoms with Gasteiger partial charge in [-0.15, -0.1) is 0 Å². The van der Waals surface area contributed by atoms with Crippen molar-refractivity contribution in [3.8, 4) is 0 Å². The monoisotopic (exact) mass is 332 g/mol. The molecule has 0 unspecified atom stereocenters. The number of aliphatic imine (C=N–C) groups is 1. The molecule has 4 N–H and O–H groups in total. The maximum absolute atomic E-state index is 12.1. The average molecular weight is 332 g/mol. The van der Waals surface area contributed by atoms with Gasteiger partial charge in [-0.05, 0) is 26.0 Å². The van der Waals surface area contributed by atoms with Crippen LogP contribution in [0.15, 0.2) is 53.2 Å². The summed E-state index contributed by atoms with van der Waals surface area (Å²) in [7, 11) is 3.63. The first-order valence-corrected chi connectivity index (χ1v) is 7.40. The first-order valence-electron chi connectivity index (χ1n) is 7.40. The number of hydrogen-bond donors (Lipinski definition) is 3. The number of amidine groups is 1. The second kappa shape index (κ2) is 8.56. The van der Waals surface area contributed by atoms with Crippen LogP contribution >= 0.6 is 0 Å². The van der Waals surface area contributed by atoms with Gasteiger partial charge in [0.25, 0.3) is 5.91 Å². The predicted molar refractivity (Wildman–Crippen MR) is 94.5 cm³/mol. The summed E-state index contributed by atoms with van der Waals surface area (Å²) in [6, 6.07) is -0.391. The summed E-state index contributed by atoms with van der Waals surface area (Å²) < 4.78 is 0. The number of amides is 3. The van der Waals surface area contributed by atoms with Gasteiger partial charge in [-0.3, -0.25) is 10.1 Å². The van der Waals surface area contributed by atoms with Gasteiger partial charge in [-0.25, -0.2) is 4.79 Å². The Labute approximate surface area is 142 Å². The summed E-state index contributed by atoms with van der Waals surface area (Å²) in [6.07, 6.45) is 6.34. The smallest absolute Gasteiger partial charge is 0.320 e. The minimum absolute atomic E-state index is 0.149. The predicted octanol–water partition coefficient (Wildman–Crippen LogP) is 0.839. The summed E-state index contributed by atoms with van der Waals surface area (Å²) in [5.41, 5.74) is 6.69. The van der Waals surface area contributed by atoms with Crippen LogP contribution < -0.4 is 16.4 Å². The molecule has 24 heavy (non-hydrogen) atoms. The highest BCUT2D eigenvalue weighted by Crippen LogP contribution is 2.17. The van der Waals surface area contributed by atoms with Crippen molar-refractivity contribution < 1.29 is 9.59 Å². The van der Waals surface area contributed by atoms with Gasteiger partial charge in [0.1, 0.15) is 11.7 Å². The second-order valence-electron chi connectivity index (χ2n) is 5.24. The maximum Gasteiger partial charge on any atom is 0.320 e. The molecule has 0 atom stereocenters. The highest BCUT2D eigenvalue weighted by molar-refractivity contribution is 6.04. The fraction of sp³-hybridized carbons (Fsp3) is 0.312. The molecule has 1 aliphatic rings. The number of carbonyl (C=O) groups is 2. The van der Waals surface area contributed by atoms with E-state index in [0.717, 1.165) is 0 Å². The molecule has 130 valence electrons. The highest BCUT2D eigenvalue weighted by Gasteiger charge is 2.14. The van der Waals surface area contributed by atoms with Crippen LogP contribution in [0.2, 0.25) is 0 Å². The Morgan fingerprint density at radius 2 is 2.12 bits per heavy atom. The summed E-state index contributed by atoms with van der Waals surface area (Å²) in [5.74, 6) is 0.407. The zero-order valence-electron chi connectivity index (χ0n) is 14.5. The summed E-state index contributed by atoms with van der Waals surface area (Å²) >= 11 is 0. The van der Waals surface area contributed by atoms with Crippen molar-refractivity contribution in [1.29, 1.82) is 0 Å². The first-order chi connectivity index (χ1) is 11.2. The lowest BCUT2D eigenvalue weighted by Gasteiger charge is -2.21. The SMILES string of the molecule is C=C1C=C(C(=O)N=C(C)N(C)C)C=CN1/C=C(\N)NC(=O)NCC. The molecule has 1 aliphatic heterocycles. The van der Waals surface area contributed by atoms with E-state index in [1.54, 1.807) is 42.0 Å². The summed E-state index contributed by atoms with van der Waals surface area (Å²) in [6.45, 7) is 7.92. The largest absolute Gasteiger partial charge is 0.384 e. The quantitative estimate of drug-likeness (QED) is 0.523. The topological polar surface area (TPSA) is 103 Å². The number of urea groups is 1. The van der Waals surface area contributed by atoms with E-state index in [1.807, 2.05) is 14.1 Å². The van der Waals surface area contributed by atoms with E-state index in [4.69, 9.17) is 5.73 Å². The Morgan fingerprint density at radius 1 is 1.46 bits per heavy atom. The number of hydrogen-bond acceptors (Lipinski definition) is 4. The second-order valence-corrected chi connectivity index (χ2v) is 5.24. The normalized spacial score (nSPS) is 15.1. The van der Waals surface area contributed by atoms with Crippen molar-refractivity contribution in [3.05, 3.63) is 48.2 Å². The number of nitrogens with one attached hydrogen (secondary N) is 2. The van der Waals surface area contributed by atoms with E-state index in [0.29, 0.717) is 23.7 Å². The summed E-state index contributed by atoms with van der Waals surface area (Å²) in [4.78, 5) is 30.9. The van der Waals surface area contributed by atoms with Gasteiger partial charge in [0.2, 0.25) is 0 Å².